The van der Waals surface area contributed by atoms with E-state index in [-0.39, 0.29) is 11.9 Å². The molecule has 1 aliphatic rings. The average molecular weight is 264 g/mol. The lowest BCUT2D eigenvalue weighted by Crippen LogP contribution is -2.05. The minimum atomic E-state index is -0.106. The van der Waals surface area contributed by atoms with Crippen LogP contribution in [0.25, 0.3) is 0 Å². The molecule has 0 N–H and O–H groups in total. The molecule has 0 aliphatic carbocycles. The lowest BCUT2D eigenvalue weighted by atomic mass is 10.0. The predicted molar refractivity (Wildman–Crippen MR) is 79.7 cm³/mol. The summed E-state index contributed by atoms with van der Waals surface area (Å²) >= 11 is 0. The molecule has 0 radical (unpaired) electrons. The van der Waals surface area contributed by atoms with E-state index in [1.807, 2.05) is 0 Å². The molecule has 0 aromatic heterocycles. The highest BCUT2D eigenvalue weighted by molar-refractivity contribution is 5.76. The van der Waals surface area contributed by atoms with Gasteiger partial charge in [0.05, 0.1) is 5.92 Å². The van der Waals surface area contributed by atoms with Gasteiger partial charge in [-0.2, -0.15) is 0 Å². The zero-order valence-electron chi connectivity index (χ0n) is 12.3. The Morgan fingerprint density at radius 2 is 1.84 bits per heavy atom. The van der Waals surface area contributed by atoms with Gasteiger partial charge in [0.2, 0.25) is 0 Å². The molecule has 0 saturated carbocycles. The Morgan fingerprint density at radius 1 is 1.16 bits per heavy atom. The van der Waals surface area contributed by atoms with Gasteiger partial charge in [-0.1, -0.05) is 64.2 Å². The van der Waals surface area contributed by atoms with Gasteiger partial charge in [0.1, 0.15) is 5.76 Å². The Morgan fingerprint density at radius 3 is 2.47 bits per heavy atom. The van der Waals surface area contributed by atoms with E-state index in [1.54, 1.807) is 0 Å². The second-order valence-corrected chi connectivity index (χ2v) is 5.48. The van der Waals surface area contributed by atoms with Crippen LogP contribution in [0.1, 0.15) is 71.1 Å². The highest BCUT2D eigenvalue weighted by Gasteiger charge is 2.28. The van der Waals surface area contributed by atoms with Crippen molar-refractivity contribution >= 4 is 5.97 Å². The first-order valence-corrected chi connectivity index (χ1v) is 7.78. The topological polar surface area (TPSA) is 26.3 Å². The summed E-state index contributed by atoms with van der Waals surface area (Å²) in [6, 6.07) is 0. The summed E-state index contributed by atoms with van der Waals surface area (Å²) in [7, 11) is 0. The number of hydrogen-bond acceptors (Lipinski definition) is 2. The third kappa shape index (κ3) is 7.19. The van der Waals surface area contributed by atoms with Crippen molar-refractivity contribution in [1.29, 1.82) is 0 Å². The fraction of sp³-hybridized carbons (Fsp3) is 0.706. The number of cyclic esters (lactones) is 1. The Hall–Kier alpha value is -1.05. The number of rotatable bonds is 10. The average Bonchev–Trinajstić information content (AvgIpc) is 2.70. The molecule has 0 aromatic carbocycles. The zero-order chi connectivity index (χ0) is 13.9. The van der Waals surface area contributed by atoms with Crippen molar-refractivity contribution in [1.82, 2.24) is 0 Å². The maximum atomic E-state index is 11.4. The Labute approximate surface area is 117 Å². The van der Waals surface area contributed by atoms with Crippen LogP contribution in [0.3, 0.4) is 0 Å². The van der Waals surface area contributed by atoms with Crippen molar-refractivity contribution < 1.29 is 9.53 Å². The number of carbonyl (C=O) groups is 1. The zero-order valence-corrected chi connectivity index (χ0v) is 12.3. The maximum absolute atomic E-state index is 11.4. The van der Waals surface area contributed by atoms with Crippen molar-refractivity contribution in [2.24, 2.45) is 5.92 Å². The summed E-state index contributed by atoms with van der Waals surface area (Å²) in [6.45, 7) is 5.94. The van der Waals surface area contributed by atoms with Crippen molar-refractivity contribution in [2.45, 2.75) is 71.1 Å². The minimum Gasteiger partial charge on any atom is -0.431 e. The van der Waals surface area contributed by atoms with Gasteiger partial charge < -0.3 is 4.74 Å². The monoisotopic (exact) mass is 264 g/mol. The van der Waals surface area contributed by atoms with E-state index in [2.05, 4.69) is 25.7 Å². The lowest BCUT2D eigenvalue weighted by Gasteiger charge is -2.00. The van der Waals surface area contributed by atoms with Crippen molar-refractivity contribution in [2.75, 3.05) is 0 Å². The number of carbonyl (C=O) groups excluding carboxylic acids is 1. The molecule has 1 rings (SSSR count). The molecule has 0 bridgehead atoms. The second-order valence-electron chi connectivity index (χ2n) is 5.48. The van der Waals surface area contributed by atoms with Crippen molar-refractivity contribution in [3.63, 3.8) is 0 Å². The predicted octanol–water partition coefficient (Wildman–Crippen LogP) is 5.15. The molecule has 1 atom stereocenters. The van der Waals surface area contributed by atoms with Crippen molar-refractivity contribution in [3.05, 3.63) is 24.5 Å². The number of ether oxygens (including phenoxy) is 1. The molecule has 2 nitrogen and oxygen atoms in total. The van der Waals surface area contributed by atoms with E-state index in [1.165, 1.54) is 44.9 Å². The van der Waals surface area contributed by atoms with E-state index in [0.717, 1.165) is 12.8 Å². The van der Waals surface area contributed by atoms with Gasteiger partial charge in [0, 0.05) is 6.42 Å². The van der Waals surface area contributed by atoms with Crippen LogP contribution in [-0.4, -0.2) is 5.97 Å². The third-order valence-corrected chi connectivity index (χ3v) is 3.61. The minimum absolute atomic E-state index is 0.0118. The SMILES string of the molecule is C=C1CC(C/C=C/CCCCCCCCC)C(=O)O1. The molecular weight excluding hydrogens is 236 g/mol. The number of allylic oxidation sites excluding steroid dienone is 3. The van der Waals surface area contributed by atoms with Gasteiger partial charge in [0.15, 0.2) is 0 Å². The summed E-state index contributed by atoms with van der Waals surface area (Å²) in [6.07, 6.45) is 16.4. The van der Waals surface area contributed by atoms with Crippen LogP contribution in [0.15, 0.2) is 24.5 Å². The lowest BCUT2D eigenvalue weighted by molar-refractivity contribution is -0.138. The standard InChI is InChI=1S/C17H28O2/c1-3-4-5-6-7-8-9-10-11-12-13-16-14-15(2)19-17(16)18/h11-12,16H,2-10,13-14H2,1H3/b12-11+. The quantitative estimate of drug-likeness (QED) is 0.310. The van der Waals surface area contributed by atoms with E-state index in [0.29, 0.717) is 12.2 Å². The van der Waals surface area contributed by atoms with Crippen LogP contribution in [-0.2, 0) is 9.53 Å². The third-order valence-electron chi connectivity index (χ3n) is 3.61. The van der Waals surface area contributed by atoms with Gasteiger partial charge in [-0.15, -0.1) is 0 Å². The van der Waals surface area contributed by atoms with Gasteiger partial charge >= 0.3 is 5.97 Å². The van der Waals surface area contributed by atoms with Crippen LogP contribution >= 0.6 is 0 Å². The van der Waals surface area contributed by atoms with Crippen LogP contribution in [0.4, 0.5) is 0 Å². The van der Waals surface area contributed by atoms with Crippen LogP contribution in [0, 0.1) is 5.92 Å². The molecule has 19 heavy (non-hydrogen) atoms. The van der Waals surface area contributed by atoms with Crippen molar-refractivity contribution in [3.8, 4) is 0 Å². The summed E-state index contributed by atoms with van der Waals surface area (Å²) in [5.41, 5.74) is 0. The second kappa shape index (κ2) is 9.82. The number of esters is 1. The van der Waals surface area contributed by atoms with E-state index < -0.39 is 0 Å². The molecule has 1 saturated heterocycles. The molecule has 0 amide bonds. The summed E-state index contributed by atoms with van der Waals surface area (Å²) < 4.78 is 4.95. The first kappa shape index (κ1) is 16.0. The Kier molecular flexibility index (Phi) is 8.28. The Bertz CT molecular complexity index is 304. The van der Waals surface area contributed by atoms with Crippen LogP contribution in [0.5, 0.6) is 0 Å². The first-order chi connectivity index (χ1) is 9.24. The molecule has 0 aromatic rings. The molecule has 1 heterocycles. The van der Waals surface area contributed by atoms with E-state index in [9.17, 15) is 4.79 Å². The number of unbranched alkanes of at least 4 members (excludes halogenated alkanes) is 7. The molecule has 108 valence electrons. The van der Waals surface area contributed by atoms with Gasteiger partial charge in [-0.05, 0) is 19.3 Å². The number of hydrogen-bond donors (Lipinski definition) is 0. The molecule has 1 fully saturated rings. The smallest absolute Gasteiger partial charge is 0.314 e. The van der Waals surface area contributed by atoms with Gasteiger partial charge in [-0.25, -0.2) is 0 Å². The highest BCUT2D eigenvalue weighted by atomic mass is 16.5. The van der Waals surface area contributed by atoms with Gasteiger partial charge in [0.25, 0.3) is 0 Å². The molecular formula is C17H28O2. The van der Waals surface area contributed by atoms with Crippen LogP contribution in [0.2, 0.25) is 0 Å². The van der Waals surface area contributed by atoms with Crippen LogP contribution < -0.4 is 0 Å². The van der Waals surface area contributed by atoms with E-state index >= 15 is 0 Å². The fourth-order valence-corrected chi connectivity index (χ4v) is 2.40. The molecule has 1 aliphatic heterocycles. The fourth-order valence-electron chi connectivity index (χ4n) is 2.40. The molecule has 0 spiro atoms. The summed E-state index contributed by atoms with van der Waals surface area (Å²) in [4.78, 5) is 11.4. The molecule has 1 unspecified atom stereocenters. The molecule has 2 heteroatoms. The summed E-state index contributed by atoms with van der Waals surface area (Å²) in [5, 5.41) is 0. The van der Waals surface area contributed by atoms with Gasteiger partial charge in [-0.3, -0.25) is 4.79 Å². The normalized spacial score (nSPS) is 19.3. The maximum Gasteiger partial charge on any atom is 0.314 e. The van der Waals surface area contributed by atoms with E-state index in [4.69, 9.17) is 4.74 Å². The highest BCUT2D eigenvalue weighted by Crippen LogP contribution is 2.25. The first-order valence-electron chi connectivity index (χ1n) is 7.78. The Balaban J connectivity index is 1.93. The largest absolute Gasteiger partial charge is 0.431 e. The summed E-state index contributed by atoms with van der Waals surface area (Å²) in [5.74, 6) is 0.527.